The van der Waals surface area contributed by atoms with Gasteiger partial charge in [0.1, 0.15) is 0 Å². The Hall–Kier alpha value is -0.760. The van der Waals surface area contributed by atoms with Crippen LogP contribution in [0.2, 0.25) is 0 Å². The van der Waals surface area contributed by atoms with Crippen molar-refractivity contribution in [2.24, 2.45) is 23.5 Å². The number of hydrogen-bond donors (Lipinski definition) is 1. The van der Waals surface area contributed by atoms with E-state index in [1.54, 1.807) is 0 Å². The van der Waals surface area contributed by atoms with E-state index in [9.17, 15) is 0 Å². The lowest BCUT2D eigenvalue weighted by Gasteiger charge is -2.58. The molecule has 18 heavy (non-hydrogen) atoms. The van der Waals surface area contributed by atoms with Gasteiger partial charge in [-0.15, -0.1) is 0 Å². The van der Waals surface area contributed by atoms with Crippen LogP contribution in [0.3, 0.4) is 0 Å². The van der Waals surface area contributed by atoms with Crippen molar-refractivity contribution in [2.75, 3.05) is 0 Å². The second kappa shape index (κ2) is 3.63. The summed E-state index contributed by atoms with van der Waals surface area (Å²) in [5.74, 6) is 3.01. The summed E-state index contributed by atoms with van der Waals surface area (Å²) in [5, 5.41) is 0. The third-order valence-electron chi connectivity index (χ3n) is 5.85. The predicted molar refractivity (Wildman–Crippen MR) is 73.2 cm³/mol. The Morgan fingerprint density at radius 3 is 2.17 bits per heavy atom. The first-order valence-electron chi connectivity index (χ1n) is 7.58. The van der Waals surface area contributed by atoms with E-state index in [4.69, 9.17) is 5.73 Å². The fourth-order valence-electron chi connectivity index (χ4n) is 5.77. The van der Waals surface area contributed by atoms with Gasteiger partial charge in [0.2, 0.25) is 0 Å². The predicted octanol–water partition coefficient (Wildman–Crippen LogP) is 3.18. The summed E-state index contributed by atoms with van der Waals surface area (Å²) >= 11 is 0. The second-order valence-electron chi connectivity index (χ2n) is 7.15. The van der Waals surface area contributed by atoms with Crippen LogP contribution in [0, 0.1) is 24.7 Å². The van der Waals surface area contributed by atoms with Gasteiger partial charge < -0.3 is 10.3 Å². The van der Waals surface area contributed by atoms with Gasteiger partial charge in [-0.1, -0.05) is 0 Å². The summed E-state index contributed by atoms with van der Waals surface area (Å²) in [7, 11) is 0. The maximum absolute atomic E-state index is 5.96. The standard InChI is InChI=1S/C16H24N2/c1-11-2-3-15(10-17)18(11)16-7-12-4-13(8-16)6-14(5-12)9-16/h2-3,12-14H,4-10,17H2,1H3. The molecule has 5 rings (SSSR count). The lowest BCUT2D eigenvalue weighted by Crippen LogP contribution is -2.52. The average molecular weight is 244 g/mol. The Bertz CT molecular complexity index is 436. The summed E-state index contributed by atoms with van der Waals surface area (Å²) in [6.07, 6.45) is 8.79. The Kier molecular flexibility index (Phi) is 2.24. The number of nitrogens with two attached hydrogens (primary N) is 1. The quantitative estimate of drug-likeness (QED) is 0.851. The molecule has 0 unspecified atom stereocenters. The van der Waals surface area contributed by atoms with Gasteiger partial charge in [-0.05, 0) is 75.3 Å². The number of nitrogens with zero attached hydrogens (tertiary/aromatic N) is 1. The van der Waals surface area contributed by atoms with Crippen molar-refractivity contribution in [2.45, 2.75) is 57.5 Å². The van der Waals surface area contributed by atoms with Crippen molar-refractivity contribution >= 4 is 0 Å². The van der Waals surface area contributed by atoms with Crippen molar-refractivity contribution in [1.29, 1.82) is 0 Å². The molecule has 4 bridgehead atoms. The molecule has 4 saturated carbocycles. The van der Waals surface area contributed by atoms with E-state index >= 15 is 0 Å². The Morgan fingerprint density at radius 1 is 1.11 bits per heavy atom. The second-order valence-corrected chi connectivity index (χ2v) is 7.15. The van der Waals surface area contributed by atoms with E-state index < -0.39 is 0 Å². The largest absolute Gasteiger partial charge is 0.342 e. The molecule has 1 heterocycles. The molecular formula is C16H24N2. The summed E-state index contributed by atoms with van der Waals surface area (Å²) in [6.45, 7) is 2.95. The van der Waals surface area contributed by atoms with Crippen molar-refractivity contribution < 1.29 is 0 Å². The molecule has 4 aliphatic rings. The van der Waals surface area contributed by atoms with Crippen LogP contribution in [0.25, 0.3) is 0 Å². The van der Waals surface area contributed by atoms with Crippen molar-refractivity contribution in [3.63, 3.8) is 0 Å². The molecule has 2 N–H and O–H groups in total. The number of aromatic nitrogens is 1. The molecule has 0 radical (unpaired) electrons. The van der Waals surface area contributed by atoms with E-state index in [1.807, 2.05) is 0 Å². The summed E-state index contributed by atoms with van der Waals surface area (Å²) < 4.78 is 2.64. The molecule has 0 spiro atoms. The minimum absolute atomic E-state index is 0.442. The van der Waals surface area contributed by atoms with Crippen molar-refractivity contribution in [3.05, 3.63) is 23.5 Å². The van der Waals surface area contributed by atoms with Crippen LogP contribution in [0.5, 0.6) is 0 Å². The smallest absolute Gasteiger partial charge is 0.0453 e. The van der Waals surface area contributed by atoms with E-state index in [1.165, 1.54) is 49.9 Å². The molecule has 2 heteroatoms. The van der Waals surface area contributed by atoms with Gasteiger partial charge in [-0.3, -0.25) is 0 Å². The van der Waals surface area contributed by atoms with Gasteiger partial charge in [-0.25, -0.2) is 0 Å². The van der Waals surface area contributed by atoms with Crippen LogP contribution in [0.1, 0.15) is 49.9 Å². The molecule has 4 aliphatic carbocycles. The highest BCUT2D eigenvalue weighted by molar-refractivity contribution is 5.21. The maximum atomic E-state index is 5.96. The molecule has 0 aliphatic heterocycles. The zero-order chi connectivity index (χ0) is 12.3. The highest BCUT2D eigenvalue weighted by atomic mass is 15.1. The number of hydrogen-bond acceptors (Lipinski definition) is 1. The van der Waals surface area contributed by atoms with Crippen LogP contribution in [0.4, 0.5) is 0 Å². The fourth-order valence-corrected chi connectivity index (χ4v) is 5.77. The first kappa shape index (κ1) is 11.1. The van der Waals surface area contributed by atoms with Gasteiger partial charge in [0.15, 0.2) is 0 Å². The van der Waals surface area contributed by atoms with E-state index in [2.05, 4.69) is 23.6 Å². The maximum Gasteiger partial charge on any atom is 0.0453 e. The molecule has 98 valence electrons. The molecule has 4 fully saturated rings. The Morgan fingerprint density at radius 2 is 1.67 bits per heavy atom. The summed E-state index contributed by atoms with van der Waals surface area (Å²) in [6, 6.07) is 4.51. The molecule has 0 aromatic carbocycles. The molecule has 1 aromatic heterocycles. The minimum Gasteiger partial charge on any atom is -0.342 e. The normalized spacial score (nSPS) is 41.6. The van der Waals surface area contributed by atoms with Crippen LogP contribution in [0.15, 0.2) is 12.1 Å². The van der Waals surface area contributed by atoms with Gasteiger partial charge in [0.05, 0.1) is 0 Å². The third-order valence-corrected chi connectivity index (χ3v) is 5.85. The minimum atomic E-state index is 0.442. The van der Waals surface area contributed by atoms with Crippen LogP contribution < -0.4 is 5.73 Å². The van der Waals surface area contributed by atoms with E-state index in [0.717, 1.165) is 17.8 Å². The first-order chi connectivity index (χ1) is 8.70. The van der Waals surface area contributed by atoms with Gasteiger partial charge in [-0.2, -0.15) is 0 Å². The van der Waals surface area contributed by atoms with E-state index in [0.29, 0.717) is 12.1 Å². The third kappa shape index (κ3) is 1.38. The van der Waals surface area contributed by atoms with E-state index in [-0.39, 0.29) is 0 Å². The van der Waals surface area contributed by atoms with Gasteiger partial charge in [0, 0.05) is 23.5 Å². The molecule has 1 aromatic rings. The SMILES string of the molecule is Cc1ccc(CN)n1C12CC3CC(CC(C3)C1)C2. The lowest BCUT2D eigenvalue weighted by atomic mass is 9.53. The van der Waals surface area contributed by atoms with Crippen LogP contribution in [-0.2, 0) is 12.1 Å². The monoisotopic (exact) mass is 244 g/mol. The molecule has 0 atom stereocenters. The Labute approximate surface area is 110 Å². The molecular weight excluding hydrogens is 220 g/mol. The molecule has 2 nitrogen and oxygen atoms in total. The first-order valence-corrected chi connectivity index (χ1v) is 7.58. The van der Waals surface area contributed by atoms with Crippen LogP contribution in [-0.4, -0.2) is 4.57 Å². The van der Waals surface area contributed by atoms with Gasteiger partial charge in [0.25, 0.3) is 0 Å². The highest BCUT2D eigenvalue weighted by Gasteiger charge is 2.52. The lowest BCUT2D eigenvalue weighted by molar-refractivity contribution is -0.0449. The summed E-state index contributed by atoms with van der Waals surface area (Å²) in [4.78, 5) is 0. The van der Waals surface area contributed by atoms with Crippen molar-refractivity contribution in [3.8, 4) is 0 Å². The molecule has 0 amide bonds. The van der Waals surface area contributed by atoms with Gasteiger partial charge >= 0.3 is 0 Å². The average Bonchev–Trinajstić information content (AvgIpc) is 2.69. The zero-order valence-electron chi connectivity index (χ0n) is 11.4. The fraction of sp³-hybridized carbons (Fsp3) is 0.750. The highest BCUT2D eigenvalue weighted by Crippen LogP contribution is 2.59. The molecule has 0 saturated heterocycles. The van der Waals surface area contributed by atoms with Crippen molar-refractivity contribution in [1.82, 2.24) is 4.57 Å². The number of rotatable bonds is 2. The topological polar surface area (TPSA) is 30.9 Å². The zero-order valence-corrected chi connectivity index (χ0v) is 11.4. The van der Waals surface area contributed by atoms with Crippen LogP contribution >= 0.6 is 0 Å². The number of aryl methyl sites for hydroxylation is 1. The summed E-state index contributed by atoms with van der Waals surface area (Å²) in [5.41, 5.74) is 9.19. The Balaban J connectivity index is 1.81.